The molecular weight excluding hydrogens is 301 g/mol. The topological polar surface area (TPSA) is 46.6 Å². The lowest BCUT2D eigenvalue weighted by atomic mass is 10.1. The highest BCUT2D eigenvalue weighted by atomic mass is 32.1. The minimum Gasteiger partial charge on any atom is -0.346 e. The lowest BCUT2D eigenvalue weighted by molar-refractivity contribution is -0.119. The van der Waals surface area contributed by atoms with Crippen molar-refractivity contribution in [3.63, 3.8) is 0 Å². The smallest absolute Gasteiger partial charge is 0.346 e. The lowest BCUT2D eigenvalue weighted by Crippen LogP contribution is -2.35. The molecule has 2 rings (SSSR count). The second kappa shape index (κ2) is 6.23. The van der Waals surface area contributed by atoms with Crippen molar-refractivity contribution >= 4 is 22.1 Å². The van der Waals surface area contributed by atoms with Crippen LogP contribution in [0.15, 0.2) is 11.6 Å². The monoisotopic (exact) mass is 320 g/mol. The molecule has 0 spiro atoms. The molecule has 2 N–H and O–H groups in total. The van der Waals surface area contributed by atoms with Crippen LogP contribution in [0.4, 0.5) is 19.0 Å². The molecule has 21 heavy (non-hydrogen) atoms. The van der Waals surface area contributed by atoms with Crippen molar-refractivity contribution in [1.29, 1.82) is 0 Å². The van der Waals surface area contributed by atoms with Gasteiger partial charge in [0.1, 0.15) is 6.54 Å². The quantitative estimate of drug-likeness (QED) is 0.890. The summed E-state index contributed by atoms with van der Waals surface area (Å²) >= 11 is 1.41. The molecular formula is C13H19F3N4S. The Balaban J connectivity index is 2.40. The van der Waals surface area contributed by atoms with E-state index in [1.54, 1.807) is 6.92 Å². The van der Waals surface area contributed by atoms with E-state index in [1.165, 1.54) is 16.2 Å². The van der Waals surface area contributed by atoms with Gasteiger partial charge in [-0.1, -0.05) is 6.92 Å². The second-order valence-electron chi connectivity index (χ2n) is 4.94. The van der Waals surface area contributed by atoms with Gasteiger partial charge in [-0.25, -0.2) is 4.98 Å². The molecule has 0 saturated carbocycles. The maximum Gasteiger partial charge on any atom is 0.405 e. The fourth-order valence-electron chi connectivity index (χ4n) is 2.21. The predicted octanol–water partition coefficient (Wildman–Crippen LogP) is 3.06. The number of alkyl halides is 3. The van der Waals surface area contributed by atoms with Gasteiger partial charge in [0.05, 0.1) is 5.69 Å². The molecule has 0 aliphatic heterocycles. The van der Waals surface area contributed by atoms with Gasteiger partial charge in [0.15, 0.2) is 10.8 Å². The molecule has 2 aromatic heterocycles. The molecule has 1 atom stereocenters. The van der Waals surface area contributed by atoms with Gasteiger partial charge in [-0.3, -0.25) is 4.40 Å². The number of hydrogen-bond donors (Lipinski definition) is 1. The van der Waals surface area contributed by atoms with Crippen LogP contribution in [0.2, 0.25) is 0 Å². The Hall–Kier alpha value is -1.28. The Labute approximate surface area is 125 Å². The molecule has 0 aliphatic rings. The van der Waals surface area contributed by atoms with Crippen LogP contribution in [0.25, 0.3) is 4.96 Å². The Kier molecular flexibility index (Phi) is 4.77. The molecule has 0 saturated heterocycles. The summed E-state index contributed by atoms with van der Waals surface area (Å²) in [6.07, 6.45) is -1.15. The van der Waals surface area contributed by atoms with Gasteiger partial charge in [0.2, 0.25) is 0 Å². The van der Waals surface area contributed by atoms with Crippen molar-refractivity contribution in [3.8, 4) is 0 Å². The molecule has 0 aliphatic carbocycles. The molecule has 0 bridgehead atoms. The molecule has 0 fully saturated rings. The van der Waals surface area contributed by atoms with Crippen LogP contribution in [0.1, 0.15) is 26.0 Å². The maximum absolute atomic E-state index is 12.7. The van der Waals surface area contributed by atoms with Crippen molar-refractivity contribution in [3.05, 3.63) is 17.3 Å². The van der Waals surface area contributed by atoms with Gasteiger partial charge < -0.3 is 10.6 Å². The second-order valence-corrected chi connectivity index (χ2v) is 5.81. The van der Waals surface area contributed by atoms with Crippen molar-refractivity contribution in [2.75, 3.05) is 18.0 Å². The number of aromatic nitrogens is 2. The Bertz CT molecular complexity index is 590. The first-order valence-electron chi connectivity index (χ1n) is 6.87. The molecule has 2 aromatic rings. The lowest BCUT2D eigenvalue weighted by Gasteiger charge is -2.24. The molecule has 4 nitrogen and oxygen atoms in total. The number of thiazole rings is 1. The van der Waals surface area contributed by atoms with E-state index in [0.29, 0.717) is 17.2 Å². The van der Waals surface area contributed by atoms with Crippen molar-refractivity contribution < 1.29 is 13.2 Å². The van der Waals surface area contributed by atoms with E-state index in [-0.39, 0.29) is 12.6 Å². The number of nitrogens with two attached hydrogens (primary N) is 1. The van der Waals surface area contributed by atoms with Gasteiger partial charge in [0, 0.05) is 30.6 Å². The van der Waals surface area contributed by atoms with Gasteiger partial charge >= 0.3 is 6.18 Å². The van der Waals surface area contributed by atoms with Crippen LogP contribution < -0.4 is 10.6 Å². The molecule has 0 amide bonds. The zero-order chi connectivity index (χ0) is 15.6. The van der Waals surface area contributed by atoms with E-state index in [9.17, 15) is 13.2 Å². The number of nitrogens with zero attached hydrogens (tertiary/aromatic N) is 3. The van der Waals surface area contributed by atoms with Crippen LogP contribution in [-0.4, -0.2) is 34.7 Å². The summed E-state index contributed by atoms with van der Waals surface area (Å²) in [6, 6.07) is -0.0897. The average Bonchev–Trinajstić information content (AvgIpc) is 2.97. The summed E-state index contributed by atoms with van der Waals surface area (Å²) in [5.41, 5.74) is 6.74. The van der Waals surface area contributed by atoms with E-state index in [0.717, 1.165) is 12.1 Å². The van der Waals surface area contributed by atoms with Crippen LogP contribution in [0.3, 0.4) is 0 Å². The summed E-state index contributed by atoms with van der Waals surface area (Å²) in [6.45, 7) is 2.91. The number of imidazole rings is 1. The largest absolute Gasteiger partial charge is 0.405 e. The fourth-order valence-corrected chi connectivity index (χ4v) is 2.94. The van der Waals surface area contributed by atoms with Crippen LogP contribution in [-0.2, 0) is 6.42 Å². The number of hydrogen-bond acceptors (Lipinski definition) is 4. The van der Waals surface area contributed by atoms with E-state index < -0.39 is 12.7 Å². The average molecular weight is 320 g/mol. The molecule has 2 heterocycles. The van der Waals surface area contributed by atoms with Crippen LogP contribution >= 0.6 is 11.3 Å². The number of fused-ring (bicyclic) bond motifs is 1. The first-order chi connectivity index (χ1) is 9.85. The molecule has 118 valence electrons. The Morgan fingerprint density at radius 2 is 2.14 bits per heavy atom. The van der Waals surface area contributed by atoms with Gasteiger partial charge in [-0.05, 0) is 13.3 Å². The Morgan fingerprint density at radius 3 is 2.71 bits per heavy atom. The highest BCUT2D eigenvalue weighted by Gasteiger charge is 2.32. The summed E-state index contributed by atoms with van der Waals surface area (Å²) < 4.78 is 40.0. The van der Waals surface area contributed by atoms with Crippen LogP contribution in [0, 0.1) is 0 Å². The standard InChI is InChI=1S/C13H19F3N4S/c1-3-9(17)7-10-11(18-12-20(10)5-6-21-12)19(4-2)8-13(14,15)16/h5-6,9H,3-4,7-8,17H2,1-2H3. The minimum atomic E-state index is -4.25. The Morgan fingerprint density at radius 1 is 1.43 bits per heavy atom. The molecule has 0 aromatic carbocycles. The van der Waals surface area contributed by atoms with Crippen LogP contribution in [0.5, 0.6) is 0 Å². The summed E-state index contributed by atoms with van der Waals surface area (Å²) in [5.74, 6) is 0.394. The van der Waals surface area contributed by atoms with Crippen molar-refractivity contribution in [2.24, 2.45) is 5.73 Å². The number of rotatable bonds is 6. The third-order valence-corrected chi connectivity index (χ3v) is 4.13. The summed E-state index contributed by atoms with van der Waals surface area (Å²) in [4.78, 5) is 6.33. The first-order valence-corrected chi connectivity index (χ1v) is 7.75. The van der Waals surface area contributed by atoms with E-state index in [4.69, 9.17) is 5.73 Å². The van der Waals surface area contributed by atoms with Crippen molar-refractivity contribution in [1.82, 2.24) is 9.38 Å². The minimum absolute atomic E-state index is 0.0897. The van der Waals surface area contributed by atoms with E-state index >= 15 is 0 Å². The molecule has 1 unspecified atom stereocenters. The van der Waals surface area contributed by atoms with Gasteiger partial charge in [-0.2, -0.15) is 13.2 Å². The highest BCUT2D eigenvalue weighted by Crippen LogP contribution is 2.28. The predicted molar refractivity (Wildman–Crippen MR) is 79.0 cm³/mol. The first kappa shape index (κ1) is 16.1. The molecule has 8 heteroatoms. The van der Waals surface area contributed by atoms with Crippen molar-refractivity contribution in [2.45, 2.75) is 38.9 Å². The number of halogens is 3. The summed E-state index contributed by atoms with van der Waals surface area (Å²) in [7, 11) is 0. The van der Waals surface area contributed by atoms with Gasteiger partial charge in [-0.15, -0.1) is 11.3 Å². The normalized spacial score (nSPS) is 13.8. The van der Waals surface area contributed by atoms with E-state index in [2.05, 4.69) is 4.98 Å². The number of anilines is 1. The summed E-state index contributed by atoms with van der Waals surface area (Å²) in [5, 5.41) is 1.87. The third-order valence-electron chi connectivity index (χ3n) is 3.37. The maximum atomic E-state index is 12.7. The zero-order valence-electron chi connectivity index (χ0n) is 12.0. The zero-order valence-corrected chi connectivity index (χ0v) is 12.8. The molecule has 0 radical (unpaired) electrons. The van der Waals surface area contributed by atoms with Gasteiger partial charge in [0.25, 0.3) is 0 Å². The van der Waals surface area contributed by atoms with E-state index in [1.807, 2.05) is 22.9 Å². The SMILES string of the molecule is CCC(N)Cc1c(N(CC)CC(F)(F)F)nc2sccn12. The fraction of sp³-hybridized carbons (Fsp3) is 0.615. The highest BCUT2D eigenvalue weighted by molar-refractivity contribution is 7.15. The third kappa shape index (κ3) is 3.68.